The lowest BCUT2D eigenvalue weighted by Gasteiger charge is -2.22. The molecular weight excluding hydrogens is 406 g/mol. The van der Waals surface area contributed by atoms with Gasteiger partial charge in [-0.25, -0.2) is 8.42 Å². The van der Waals surface area contributed by atoms with Crippen LogP contribution >= 0.6 is 0 Å². The normalized spacial score (nSPS) is 11.7. The zero-order valence-corrected chi connectivity index (χ0v) is 18.2. The first-order valence-electron chi connectivity index (χ1n) is 10.2. The smallest absolute Gasteiger partial charge is 0.247 e. The van der Waals surface area contributed by atoms with Crippen molar-refractivity contribution in [1.82, 2.24) is 14.1 Å². The van der Waals surface area contributed by atoms with E-state index in [9.17, 15) is 8.42 Å². The molecule has 0 N–H and O–H groups in total. The molecule has 0 radical (unpaired) electrons. The van der Waals surface area contributed by atoms with Gasteiger partial charge in [0.1, 0.15) is 4.90 Å². The van der Waals surface area contributed by atoms with Crippen LogP contribution in [0.5, 0.6) is 0 Å². The lowest BCUT2D eigenvalue weighted by atomic mass is 10.2. The second kappa shape index (κ2) is 9.29. The second-order valence-electron chi connectivity index (χ2n) is 7.51. The lowest BCUT2D eigenvalue weighted by molar-refractivity contribution is 0.401. The SMILES string of the molecule is Cc1nn(Cc2ccccc2)cc1S(=O)(=O)N(Cc1ccccc1)Cc1ccccc1. The maximum Gasteiger partial charge on any atom is 0.247 e. The van der Waals surface area contributed by atoms with Gasteiger partial charge in [-0.3, -0.25) is 4.68 Å². The molecule has 0 bridgehead atoms. The molecule has 5 nitrogen and oxygen atoms in total. The Kier molecular flexibility index (Phi) is 6.30. The fraction of sp³-hybridized carbons (Fsp3) is 0.160. The van der Waals surface area contributed by atoms with Crippen molar-refractivity contribution < 1.29 is 8.42 Å². The van der Waals surface area contributed by atoms with Gasteiger partial charge in [-0.05, 0) is 23.6 Å². The van der Waals surface area contributed by atoms with Crippen LogP contribution < -0.4 is 0 Å². The summed E-state index contributed by atoms with van der Waals surface area (Å²) in [4.78, 5) is 0.246. The Hall–Kier alpha value is -3.22. The summed E-state index contributed by atoms with van der Waals surface area (Å²) in [6.07, 6.45) is 1.64. The van der Waals surface area contributed by atoms with Crippen molar-refractivity contribution in [3.8, 4) is 0 Å². The summed E-state index contributed by atoms with van der Waals surface area (Å²) in [5.41, 5.74) is 3.45. The van der Waals surface area contributed by atoms with Crippen LogP contribution in [0.2, 0.25) is 0 Å². The molecule has 0 unspecified atom stereocenters. The van der Waals surface area contributed by atoms with Crippen molar-refractivity contribution in [3.63, 3.8) is 0 Å². The minimum Gasteiger partial charge on any atom is -0.267 e. The molecule has 0 saturated heterocycles. The highest BCUT2D eigenvalue weighted by Gasteiger charge is 2.28. The highest BCUT2D eigenvalue weighted by molar-refractivity contribution is 7.89. The number of benzene rings is 3. The van der Waals surface area contributed by atoms with Gasteiger partial charge >= 0.3 is 0 Å². The number of sulfonamides is 1. The van der Waals surface area contributed by atoms with Gasteiger partial charge in [0.2, 0.25) is 10.0 Å². The van der Waals surface area contributed by atoms with Gasteiger partial charge in [0.05, 0.1) is 12.2 Å². The Morgan fingerprint density at radius 3 is 1.68 bits per heavy atom. The fourth-order valence-electron chi connectivity index (χ4n) is 3.54. The molecule has 31 heavy (non-hydrogen) atoms. The molecule has 0 spiro atoms. The molecule has 0 aliphatic rings. The third-order valence-electron chi connectivity index (χ3n) is 5.11. The average molecular weight is 432 g/mol. The van der Waals surface area contributed by atoms with E-state index in [1.165, 1.54) is 4.31 Å². The quantitative estimate of drug-likeness (QED) is 0.409. The first kappa shape index (κ1) is 21.0. The van der Waals surface area contributed by atoms with E-state index in [1.54, 1.807) is 17.8 Å². The summed E-state index contributed by atoms with van der Waals surface area (Å²) in [5.74, 6) is 0. The lowest BCUT2D eigenvalue weighted by Crippen LogP contribution is -2.30. The van der Waals surface area contributed by atoms with E-state index in [0.29, 0.717) is 25.3 Å². The summed E-state index contributed by atoms with van der Waals surface area (Å²) >= 11 is 0. The number of hydrogen-bond acceptors (Lipinski definition) is 3. The standard InChI is InChI=1S/C25H25N3O2S/c1-21-25(20-27(26-21)17-22-11-5-2-6-12-22)31(29,30)28(18-23-13-7-3-8-14-23)19-24-15-9-4-10-16-24/h2-16,20H,17-19H2,1H3. The van der Waals surface area contributed by atoms with Crippen LogP contribution in [-0.4, -0.2) is 22.5 Å². The molecule has 3 aromatic carbocycles. The van der Waals surface area contributed by atoms with E-state index in [1.807, 2.05) is 91.0 Å². The summed E-state index contributed by atoms with van der Waals surface area (Å²) in [6.45, 7) is 2.86. The van der Waals surface area contributed by atoms with Crippen molar-refractivity contribution in [2.24, 2.45) is 0 Å². The van der Waals surface area contributed by atoms with Crippen molar-refractivity contribution in [3.05, 3.63) is 120 Å². The summed E-state index contributed by atoms with van der Waals surface area (Å²) in [7, 11) is -3.75. The molecule has 0 fully saturated rings. The minimum absolute atomic E-state index is 0.246. The summed E-state index contributed by atoms with van der Waals surface area (Å²) in [5, 5.41) is 4.48. The number of aromatic nitrogens is 2. The van der Waals surface area contributed by atoms with E-state index >= 15 is 0 Å². The highest BCUT2D eigenvalue weighted by atomic mass is 32.2. The van der Waals surface area contributed by atoms with Crippen LogP contribution in [0.4, 0.5) is 0 Å². The van der Waals surface area contributed by atoms with Crippen LogP contribution in [0, 0.1) is 6.92 Å². The van der Waals surface area contributed by atoms with Gasteiger partial charge < -0.3 is 0 Å². The van der Waals surface area contributed by atoms with Gasteiger partial charge in [-0.15, -0.1) is 0 Å². The molecule has 1 aromatic heterocycles. The van der Waals surface area contributed by atoms with Crippen molar-refractivity contribution >= 4 is 10.0 Å². The molecule has 0 amide bonds. The maximum atomic E-state index is 13.7. The van der Waals surface area contributed by atoms with Gasteiger partial charge in [0.15, 0.2) is 0 Å². The van der Waals surface area contributed by atoms with E-state index in [-0.39, 0.29) is 4.90 Å². The van der Waals surface area contributed by atoms with Gasteiger partial charge in [-0.1, -0.05) is 91.0 Å². The van der Waals surface area contributed by atoms with Crippen LogP contribution in [0.1, 0.15) is 22.4 Å². The molecule has 0 aliphatic heterocycles. The first-order chi connectivity index (χ1) is 15.0. The molecule has 0 atom stereocenters. The molecule has 4 rings (SSSR count). The number of aryl methyl sites for hydroxylation is 1. The topological polar surface area (TPSA) is 55.2 Å². The van der Waals surface area contributed by atoms with Gasteiger partial charge in [0, 0.05) is 19.3 Å². The Bertz CT molecular complexity index is 1180. The maximum absolute atomic E-state index is 13.7. The first-order valence-corrected chi connectivity index (χ1v) is 11.6. The molecule has 0 aliphatic carbocycles. The van der Waals surface area contributed by atoms with Crippen LogP contribution in [0.15, 0.2) is 102 Å². The van der Waals surface area contributed by atoms with Gasteiger partial charge in [-0.2, -0.15) is 9.40 Å². The third-order valence-corrected chi connectivity index (χ3v) is 7.00. The number of nitrogens with zero attached hydrogens (tertiary/aromatic N) is 3. The Balaban J connectivity index is 1.66. The monoisotopic (exact) mass is 431 g/mol. The van der Waals surface area contributed by atoms with Crippen LogP contribution in [0.3, 0.4) is 0 Å². The molecular formula is C25H25N3O2S. The fourth-order valence-corrected chi connectivity index (χ4v) is 5.13. The Labute approximate surface area is 183 Å². The largest absolute Gasteiger partial charge is 0.267 e. The van der Waals surface area contributed by atoms with Crippen LogP contribution in [-0.2, 0) is 29.7 Å². The number of hydrogen-bond donors (Lipinski definition) is 0. The molecule has 1 heterocycles. The zero-order valence-electron chi connectivity index (χ0n) is 17.4. The van der Waals surface area contributed by atoms with Gasteiger partial charge in [0.25, 0.3) is 0 Å². The Morgan fingerprint density at radius 2 is 1.19 bits per heavy atom. The molecule has 0 saturated carbocycles. The predicted octanol–water partition coefficient (Wildman–Crippen LogP) is 4.63. The van der Waals surface area contributed by atoms with E-state index < -0.39 is 10.0 Å². The van der Waals surface area contributed by atoms with E-state index in [4.69, 9.17) is 0 Å². The van der Waals surface area contributed by atoms with Crippen LogP contribution in [0.25, 0.3) is 0 Å². The minimum atomic E-state index is -3.75. The van der Waals surface area contributed by atoms with E-state index in [2.05, 4.69) is 5.10 Å². The molecule has 6 heteroatoms. The summed E-state index contributed by atoms with van der Waals surface area (Å²) < 4.78 is 30.6. The average Bonchev–Trinajstić information content (AvgIpc) is 3.16. The van der Waals surface area contributed by atoms with Crippen molar-refractivity contribution in [1.29, 1.82) is 0 Å². The number of rotatable bonds is 8. The van der Waals surface area contributed by atoms with E-state index in [0.717, 1.165) is 16.7 Å². The second-order valence-corrected chi connectivity index (χ2v) is 9.41. The Morgan fingerprint density at radius 1 is 0.742 bits per heavy atom. The van der Waals surface area contributed by atoms with Crippen molar-refractivity contribution in [2.45, 2.75) is 31.5 Å². The predicted molar refractivity (Wildman–Crippen MR) is 122 cm³/mol. The highest BCUT2D eigenvalue weighted by Crippen LogP contribution is 2.24. The third kappa shape index (κ3) is 5.10. The zero-order chi connectivity index (χ0) is 21.7. The molecule has 158 valence electrons. The molecule has 4 aromatic rings. The van der Waals surface area contributed by atoms with Crippen molar-refractivity contribution in [2.75, 3.05) is 0 Å². The summed E-state index contributed by atoms with van der Waals surface area (Å²) in [6, 6.07) is 29.2.